The van der Waals surface area contributed by atoms with E-state index in [2.05, 4.69) is 20.9 Å². The molecule has 0 spiro atoms. The first-order valence-electron chi connectivity index (χ1n) is 14.4. The van der Waals surface area contributed by atoms with Crippen molar-refractivity contribution in [2.75, 3.05) is 26.2 Å². The van der Waals surface area contributed by atoms with Gasteiger partial charge in [0, 0.05) is 19.0 Å². The number of aliphatic hydroxyl groups is 2. The lowest BCUT2D eigenvalue weighted by molar-refractivity contribution is -0.143. The monoisotopic (exact) mass is 571 g/mol. The van der Waals surface area contributed by atoms with Gasteiger partial charge < -0.3 is 25.7 Å². The molecule has 10 heteroatoms. The van der Waals surface area contributed by atoms with E-state index >= 15 is 0 Å². The van der Waals surface area contributed by atoms with Gasteiger partial charge in [0.05, 0.1) is 40.9 Å². The van der Waals surface area contributed by atoms with E-state index in [0.29, 0.717) is 0 Å². The summed E-state index contributed by atoms with van der Waals surface area (Å²) in [6, 6.07) is 6.18. The minimum Gasteiger partial charge on any atom is -0.395 e. The highest BCUT2D eigenvalue weighted by Gasteiger charge is 2.45. The van der Waals surface area contributed by atoms with Gasteiger partial charge in [0.2, 0.25) is 11.8 Å². The van der Waals surface area contributed by atoms with Crippen LogP contribution in [0, 0.1) is 18.3 Å². The number of piperidine rings is 1. The molecule has 4 rings (SSSR count). The van der Waals surface area contributed by atoms with Crippen LogP contribution in [0.15, 0.2) is 29.8 Å². The van der Waals surface area contributed by atoms with Crippen LogP contribution in [0.5, 0.6) is 0 Å². The Labute approximate surface area is 241 Å². The molecule has 9 nitrogen and oxygen atoms in total. The smallest absolute Gasteiger partial charge is 0.243 e. The van der Waals surface area contributed by atoms with Gasteiger partial charge >= 0.3 is 0 Å². The Bertz CT molecular complexity index is 1140. The number of nitrogens with zero attached hydrogens (tertiary/aromatic N) is 2. The van der Waals surface area contributed by atoms with Crippen LogP contribution in [0.3, 0.4) is 0 Å². The number of β-amino-alcohol motifs (C(OH)–C–C–N with tert-alkyl or cyclic N) is 1. The fraction of sp³-hybridized carbons (Fsp3) is 0.633. The standard InChI is InChI=1S/C30H45N5O4S/c1-18(20-8-10-21(11-9-20)26-19(2)32-17-40-26)33-28(38)25-13-23(37)15-35(25)29(39)27(30(3,4)5)34-24(16-36)22-7-6-12-31-14-22/h8-11,17-18,22-25,27,31,34,36-37H,6-7,12-16H2,1-5H3,(H,33,38)/t18-,22?,23+,24?,25-,27+/m0/s1. The average molecular weight is 572 g/mol. The Kier molecular flexibility index (Phi) is 10.00. The molecule has 220 valence electrons. The molecule has 0 bridgehead atoms. The summed E-state index contributed by atoms with van der Waals surface area (Å²) in [6.07, 6.45) is 1.44. The molecule has 2 aliphatic heterocycles. The van der Waals surface area contributed by atoms with E-state index in [1.54, 1.807) is 11.3 Å². The molecule has 40 heavy (non-hydrogen) atoms. The normalized spacial score (nSPS) is 24.0. The molecule has 0 aliphatic carbocycles. The summed E-state index contributed by atoms with van der Waals surface area (Å²) >= 11 is 1.60. The van der Waals surface area contributed by atoms with E-state index in [0.717, 1.165) is 47.6 Å². The van der Waals surface area contributed by atoms with Crippen molar-refractivity contribution in [3.05, 3.63) is 41.0 Å². The second-order valence-electron chi connectivity index (χ2n) is 12.4. The highest BCUT2D eigenvalue weighted by molar-refractivity contribution is 7.13. The number of aromatic nitrogens is 1. The second-order valence-corrected chi connectivity index (χ2v) is 13.2. The van der Waals surface area contributed by atoms with Gasteiger partial charge in [-0.1, -0.05) is 45.0 Å². The molecule has 2 saturated heterocycles. The molecule has 2 aliphatic rings. The Hall–Kier alpha value is -2.37. The van der Waals surface area contributed by atoms with Crippen molar-refractivity contribution >= 4 is 23.2 Å². The molecule has 2 aromatic rings. The molecular weight excluding hydrogens is 526 g/mol. The molecule has 6 atom stereocenters. The Morgan fingerprint density at radius 1 is 1.25 bits per heavy atom. The number of rotatable bonds is 9. The van der Waals surface area contributed by atoms with E-state index < -0.39 is 23.6 Å². The quantitative estimate of drug-likeness (QED) is 0.313. The number of carbonyl (C=O) groups is 2. The summed E-state index contributed by atoms with van der Waals surface area (Å²) in [6.45, 7) is 11.7. The summed E-state index contributed by atoms with van der Waals surface area (Å²) in [5, 5.41) is 30.6. The van der Waals surface area contributed by atoms with Gasteiger partial charge in [-0.15, -0.1) is 11.3 Å². The fourth-order valence-corrected chi connectivity index (χ4v) is 6.64. The number of likely N-dealkylation sites (tertiary alicyclic amines) is 1. The first-order valence-corrected chi connectivity index (χ1v) is 15.2. The second kappa shape index (κ2) is 13.1. The van der Waals surface area contributed by atoms with Crippen LogP contribution in [0.2, 0.25) is 0 Å². The number of aryl methyl sites for hydroxylation is 1. The average Bonchev–Trinajstić information content (AvgIpc) is 3.54. The number of thiazole rings is 1. The molecule has 0 saturated carbocycles. The van der Waals surface area contributed by atoms with Gasteiger partial charge in [-0.3, -0.25) is 14.9 Å². The fourth-order valence-electron chi connectivity index (χ4n) is 5.83. The SMILES string of the molecule is Cc1ncsc1-c1ccc([C@H](C)NC(=O)[C@@H]2C[C@@H](O)CN2C(=O)[C@@H](NC(CO)C2CCCNC2)C(C)(C)C)cc1. The lowest BCUT2D eigenvalue weighted by atomic mass is 9.83. The van der Waals surface area contributed by atoms with E-state index in [-0.39, 0.29) is 49.4 Å². The number of nitrogens with one attached hydrogen (secondary N) is 3. The van der Waals surface area contributed by atoms with Crippen LogP contribution in [0.1, 0.15) is 64.3 Å². The zero-order valence-electron chi connectivity index (χ0n) is 24.3. The molecule has 5 N–H and O–H groups in total. The van der Waals surface area contributed by atoms with Crippen LogP contribution in [0.25, 0.3) is 10.4 Å². The minimum absolute atomic E-state index is 0.0718. The van der Waals surface area contributed by atoms with Crippen molar-refractivity contribution in [2.45, 2.75) is 84.2 Å². The molecule has 0 radical (unpaired) electrons. The zero-order valence-corrected chi connectivity index (χ0v) is 25.1. The van der Waals surface area contributed by atoms with Crippen molar-refractivity contribution < 1.29 is 19.8 Å². The molecular formula is C30H45N5O4S. The van der Waals surface area contributed by atoms with Crippen molar-refractivity contribution in [1.29, 1.82) is 0 Å². The predicted molar refractivity (Wildman–Crippen MR) is 158 cm³/mol. The van der Waals surface area contributed by atoms with Crippen molar-refractivity contribution in [1.82, 2.24) is 25.8 Å². The third-order valence-corrected chi connectivity index (χ3v) is 9.21. The molecule has 2 fully saturated rings. The Morgan fingerprint density at radius 3 is 2.55 bits per heavy atom. The number of benzene rings is 1. The number of hydrogen-bond acceptors (Lipinski definition) is 8. The molecule has 1 aromatic heterocycles. The van der Waals surface area contributed by atoms with Crippen LogP contribution in [-0.2, 0) is 9.59 Å². The zero-order chi connectivity index (χ0) is 29.0. The van der Waals surface area contributed by atoms with E-state index in [1.165, 1.54) is 4.90 Å². The summed E-state index contributed by atoms with van der Waals surface area (Å²) in [5.74, 6) is -0.280. The maximum absolute atomic E-state index is 14.0. The summed E-state index contributed by atoms with van der Waals surface area (Å²) in [5.41, 5.74) is 4.40. The number of amides is 2. The minimum atomic E-state index is -0.770. The van der Waals surface area contributed by atoms with Gasteiger partial charge in [-0.2, -0.15) is 0 Å². The number of aliphatic hydroxyl groups excluding tert-OH is 2. The maximum Gasteiger partial charge on any atom is 0.243 e. The number of carbonyl (C=O) groups excluding carboxylic acids is 2. The van der Waals surface area contributed by atoms with Gasteiger partial charge in [-0.25, -0.2) is 4.98 Å². The predicted octanol–water partition coefficient (Wildman–Crippen LogP) is 2.62. The lowest BCUT2D eigenvalue weighted by Crippen LogP contribution is -2.61. The molecule has 3 heterocycles. The van der Waals surface area contributed by atoms with Crippen LogP contribution in [0.4, 0.5) is 0 Å². The van der Waals surface area contributed by atoms with Crippen LogP contribution < -0.4 is 16.0 Å². The molecule has 2 unspecified atom stereocenters. The van der Waals surface area contributed by atoms with Crippen LogP contribution in [-0.4, -0.2) is 82.4 Å². The number of hydrogen-bond donors (Lipinski definition) is 5. The third kappa shape index (κ3) is 7.09. The van der Waals surface area contributed by atoms with E-state index in [4.69, 9.17) is 0 Å². The highest BCUT2D eigenvalue weighted by atomic mass is 32.1. The summed E-state index contributed by atoms with van der Waals surface area (Å²) < 4.78 is 0. The molecule has 1 aromatic carbocycles. The molecule has 2 amide bonds. The third-order valence-electron chi connectivity index (χ3n) is 8.24. The first-order chi connectivity index (χ1) is 19.0. The van der Waals surface area contributed by atoms with Gasteiger partial charge in [0.25, 0.3) is 0 Å². The van der Waals surface area contributed by atoms with Gasteiger partial charge in [0.1, 0.15) is 6.04 Å². The summed E-state index contributed by atoms with van der Waals surface area (Å²) in [7, 11) is 0. The van der Waals surface area contributed by atoms with Crippen molar-refractivity contribution in [3.63, 3.8) is 0 Å². The van der Waals surface area contributed by atoms with Crippen molar-refractivity contribution in [2.24, 2.45) is 11.3 Å². The summed E-state index contributed by atoms with van der Waals surface area (Å²) in [4.78, 5) is 34.5. The Morgan fingerprint density at radius 2 is 1.98 bits per heavy atom. The van der Waals surface area contributed by atoms with E-state index in [1.807, 2.05) is 64.4 Å². The van der Waals surface area contributed by atoms with Crippen LogP contribution >= 0.6 is 11.3 Å². The maximum atomic E-state index is 14.0. The topological polar surface area (TPSA) is 127 Å². The van der Waals surface area contributed by atoms with E-state index in [9.17, 15) is 19.8 Å². The first kappa shape index (κ1) is 30.6. The lowest BCUT2D eigenvalue weighted by Gasteiger charge is -2.40. The van der Waals surface area contributed by atoms with Crippen molar-refractivity contribution in [3.8, 4) is 10.4 Å². The van der Waals surface area contributed by atoms with Gasteiger partial charge in [0.15, 0.2) is 0 Å². The highest BCUT2D eigenvalue weighted by Crippen LogP contribution is 2.30. The largest absolute Gasteiger partial charge is 0.395 e. The Balaban J connectivity index is 1.45. The van der Waals surface area contributed by atoms with Gasteiger partial charge in [-0.05, 0) is 62.2 Å².